The summed E-state index contributed by atoms with van der Waals surface area (Å²) < 4.78 is 6.56. The third-order valence-electron chi connectivity index (χ3n) is 2.46. The molecule has 96 valence electrons. The number of hydrogen-bond acceptors (Lipinski definition) is 5. The third-order valence-corrected chi connectivity index (χ3v) is 2.83. The van der Waals surface area contributed by atoms with Gasteiger partial charge >= 0.3 is 0 Å². The summed E-state index contributed by atoms with van der Waals surface area (Å²) in [5.74, 6) is 1.26. The normalized spacial score (nSPS) is 12.4. The maximum atomic E-state index is 11.6. The molecule has 2 heterocycles. The smallest absolute Gasteiger partial charge is 0.287 e. The molecule has 2 aromatic heterocycles. The predicted molar refractivity (Wildman–Crippen MR) is 67.8 cm³/mol. The van der Waals surface area contributed by atoms with Gasteiger partial charge in [-0.1, -0.05) is 11.6 Å². The summed E-state index contributed by atoms with van der Waals surface area (Å²) in [5.41, 5.74) is 0.112. The molecule has 0 aliphatic heterocycles. The van der Waals surface area contributed by atoms with Crippen molar-refractivity contribution in [1.82, 2.24) is 14.8 Å². The van der Waals surface area contributed by atoms with E-state index in [9.17, 15) is 4.79 Å². The first-order valence-electron chi connectivity index (χ1n) is 5.39. The molecule has 0 aliphatic carbocycles. The second kappa shape index (κ2) is 4.81. The van der Waals surface area contributed by atoms with E-state index in [0.717, 1.165) is 5.76 Å². The van der Waals surface area contributed by atoms with Gasteiger partial charge in [0.2, 0.25) is 5.89 Å². The summed E-state index contributed by atoms with van der Waals surface area (Å²) in [6, 6.07) is -0.204. The van der Waals surface area contributed by atoms with E-state index in [4.69, 9.17) is 16.0 Å². The van der Waals surface area contributed by atoms with Gasteiger partial charge in [0, 0.05) is 7.05 Å². The quantitative estimate of drug-likeness (QED) is 0.920. The zero-order chi connectivity index (χ0) is 13.3. The molecule has 0 saturated carbocycles. The maximum absolute atomic E-state index is 11.6. The molecule has 1 atom stereocenters. The van der Waals surface area contributed by atoms with Crippen molar-refractivity contribution in [3.8, 4) is 0 Å². The second-order valence-corrected chi connectivity index (χ2v) is 4.35. The highest BCUT2D eigenvalue weighted by atomic mass is 35.5. The third kappa shape index (κ3) is 2.38. The van der Waals surface area contributed by atoms with Crippen LogP contribution >= 0.6 is 11.6 Å². The topological polar surface area (TPSA) is 73.0 Å². The summed E-state index contributed by atoms with van der Waals surface area (Å²) in [7, 11) is 1.54. The molecular weight excluding hydrogens is 256 g/mol. The highest BCUT2D eigenvalue weighted by Gasteiger charge is 2.14. The SMILES string of the molecule is Cc1cnc(C(C)Nc2cnn(C)c(=O)c2Cl)o1. The Bertz CT molecular complexity index is 620. The number of nitrogens with one attached hydrogen (secondary N) is 1. The highest BCUT2D eigenvalue weighted by molar-refractivity contribution is 6.32. The summed E-state index contributed by atoms with van der Waals surface area (Å²) in [4.78, 5) is 15.7. The van der Waals surface area contributed by atoms with Crippen molar-refractivity contribution < 1.29 is 4.42 Å². The lowest BCUT2D eigenvalue weighted by Crippen LogP contribution is -2.21. The van der Waals surface area contributed by atoms with Crippen molar-refractivity contribution in [3.63, 3.8) is 0 Å². The minimum Gasteiger partial charge on any atom is -0.444 e. The van der Waals surface area contributed by atoms with E-state index < -0.39 is 0 Å². The zero-order valence-corrected chi connectivity index (χ0v) is 11.0. The fourth-order valence-corrected chi connectivity index (χ4v) is 1.70. The number of halogens is 1. The van der Waals surface area contributed by atoms with E-state index in [-0.39, 0.29) is 16.6 Å². The van der Waals surface area contributed by atoms with Crippen LogP contribution in [0.3, 0.4) is 0 Å². The molecule has 2 rings (SSSR count). The number of anilines is 1. The van der Waals surface area contributed by atoms with Crippen LogP contribution < -0.4 is 10.9 Å². The Morgan fingerprint density at radius 2 is 2.22 bits per heavy atom. The molecule has 0 fully saturated rings. The Morgan fingerprint density at radius 1 is 1.50 bits per heavy atom. The van der Waals surface area contributed by atoms with Crippen molar-refractivity contribution >= 4 is 17.3 Å². The van der Waals surface area contributed by atoms with E-state index in [0.29, 0.717) is 11.6 Å². The van der Waals surface area contributed by atoms with E-state index in [1.165, 1.54) is 10.9 Å². The molecule has 7 heteroatoms. The zero-order valence-electron chi connectivity index (χ0n) is 10.3. The summed E-state index contributed by atoms with van der Waals surface area (Å²) in [6.45, 7) is 3.68. The molecule has 2 aromatic rings. The van der Waals surface area contributed by atoms with Crippen LogP contribution in [-0.2, 0) is 7.05 Å². The first-order valence-corrected chi connectivity index (χ1v) is 5.77. The number of aromatic nitrogens is 3. The second-order valence-electron chi connectivity index (χ2n) is 3.98. The number of aryl methyl sites for hydroxylation is 2. The average Bonchev–Trinajstić information content (AvgIpc) is 2.77. The average molecular weight is 269 g/mol. The molecule has 0 radical (unpaired) electrons. The molecule has 0 amide bonds. The van der Waals surface area contributed by atoms with Crippen LogP contribution in [0.25, 0.3) is 0 Å². The van der Waals surface area contributed by atoms with Gasteiger partial charge < -0.3 is 9.73 Å². The van der Waals surface area contributed by atoms with E-state index in [1.807, 2.05) is 13.8 Å². The van der Waals surface area contributed by atoms with Crippen LogP contribution in [0, 0.1) is 6.92 Å². The standard InChI is InChI=1S/C11H13ClN4O2/c1-6-4-13-10(18-6)7(2)15-8-5-14-16(3)11(17)9(8)12/h4-5,7,15H,1-3H3. The summed E-state index contributed by atoms with van der Waals surface area (Å²) in [5, 5.41) is 7.04. The van der Waals surface area contributed by atoms with Gasteiger partial charge in [-0.25, -0.2) is 9.67 Å². The fraction of sp³-hybridized carbons (Fsp3) is 0.364. The van der Waals surface area contributed by atoms with E-state index >= 15 is 0 Å². The largest absolute Gasteiger partial charge is 0.444 e. The predicted octanol–water partition coefficient (Wildman–Crippen LogP) is 1.90. The number of nitrogens with zero attached hydrogens (tertiary/aromatic N) is 3. The van der Waals surface area contributed by atoms with Gasteiger partial charge in [-0.3, -0.25) is 4.79 Å². The monoisotopic (exact) mass is 268 g/mol. The molecule has 0 aliphatic rings. The molecule has 1 N–H and O–H groups in total. The van der Waals surface area contributed by atoms with Gasteiger partial charge in [-0.05, 0) is 13.8 Å². The molecule has 6 nitrogen and oxygen atoms in total. The van der Waals surface area contributed by atoms with Crippen LogP contribution in [0.2, 0.25) is 5.02 Å². The molecule has 0 aromatic carbocycles. The van der Waals surface area contributed by atoms with Crippen molar-refractivity contribution in [2.45, 2.75) is 19.9 Å². The highest BCUT2D eigenvalue weighted by Crippen LogP contribution is 2.22. The molecular formula is C11H13ClN4O2. The van der Waals surface area contributed by atoms with Gasteiger partial charge in [0.05, 0.1) is 18.1 Å². The molecule has 18 heavy (non-hydrogen) atoms. The molecule has 1 unspecified atom stereocenters. The molecule has 0 saturated heterocycles. The van der Waals surface area contributed by atoms with Gasteiger partial charge in [0.15, 0.2) is 0 Å². The summed E-state index contributed by atoms with van der Waals surface area (Å²) >= 11 is 5.95. The lowest BCUT2D eigenvalue weighted by molar-refractivity contribution is 0.453. The fourth-order valence-electron chi connectivity index (χ4n) is 1.48. The van der Waals surface area contributed by atoms with Crippen LogP contribution in [0.4, 0.5) is 5.69 Å². The maximum Gasteiger partial charge on any atom is 0.287 e. The Balaban J connectivity index is 2.25. The van der Waals surface area contributed by atoms with Crippen LogP contribution in [-0.4, -0.2) is 14.8 Å². The Kier molecular flexibility index (Phi) is 3.38. The van der Waals surface area contributed by atoms with Gasteiger partial charge in [0.1, 0.15) is 16.8 Å². The Labute approximate surface area is 109 Å². The van der Waals surface area contributed by atoms with Crippen molar-refractivity contribution in [2.24, 2.45) is 7.05 Å². The van der Waals surface area contributed by atoms with Crippen molar-refractivity contribution in [1.29, 1.82) is 0 Å². The van der Waals surface area contributed by atoms with Gasteiger partial charge in [-0.2, -0.15) is 5.10 Å². The van der Waals surface area contributed by atoms with Crippen LogP contribution in [0.1, 0.15) is 24.6 Å². The van der Waals surface area contributed by atoms with Crippen molar-refractivity contribution in [2.75, 3.05) is 5.32 Å². The Morgan fingerprint density at radius 3 is 2.83 bits per heavy atom. The Hall–Kier alpha value is -1.82. The van der Waals surface area contributed by atoms with E-state index in [1.54, 1.807) is 13.2 Å². The first-order chi connectivity index (χ1) is 8.49. The first kappa shape index (κ1) is 12.6. The van der Waals surface area contributed by atoms with E-state index in [2.05, 4.69) is 15.4 Å². The summed E-state index contributed by atoms with van der Waals surface area (Å²) in [6.07, 6.45) is 3.13. The molecule has 0 spiro atoms. The lowest BCUT2D eigenvalue weighted by Gasteiger charge is -2.12. The van der Waals surface area contributed by atoms with Crippen molar-refractivity contribution in [3.05, 3.63) is 39.4 Å². The minimum atomic E-state index is -0.350. The van der Waals surface area contributed by atoms with Gasteiger partial charge in [0.25, 0.3) is 5.56 Å². The van der Waals surface area contributed by atoms with Crippen LogP contribution in [0.5, 0.6) is 0 Å². The minimum absolute atomic E-state index is 0.0997. The number of oxazole rings is 1. The number of hydrogen-bond donors (Lipinski definition) is 1. The van der Waals surface area contributed by atoms with Crippen LogP contribution in [0.15, 0.2) is 21.6 Å². The number of rotatable bonds is 3. The van der Waals surface area contributed by atoms with Gasteiger partial charge in [-0.15, -0.1) is 0 Å². The molecule has 0 bridgehead atoms. The lowest BCUT2D eigenvalue weighted by atomic mass is 10.3.